The van der Waals surface area contributed by atoms with Gasteiger partial charge < -0.3 is 5.32 Å². The second-order valence-corrected chi connectivity index (χ2v) is 3.22. The minimum absolute atomic E-state index is 0.395. The summed E-state index contributed by atoms with van der Waals surface area (Å²) in [5.74, 6) is 1.17. The zero-order valence-electron chi connectivity index (χ0n) is 7.59. The summed E-state index contributed by atoms with van der Waals surface area (Å²) in [5.41, 5.74) is 0. The largest absolute Gasteiger partial charge is 0.359 e. The van der Waals surface area contributed by atoms with Gasteiger partial charge in [-0.2, -0.15) is 0 Å². The van der Waals surface area contributed by atoms with Gasteiger partial charge in [0.05, 0.1) is 12.0 Å². The molecule has 0 aromatic heterocycles. The van der Waals surface area contributed by atoms with Gasteiger partial charge in [-0.3, -0.25) is 9.89 Å². The fourth-order valence-electron chi connectivity index (χ4n) is 1.03. The zero-order valence-corrected chi connectivity index (χ0v) is 7.59. The van der Waals surface area contributed by atoms with Crippen LogP contribution in [-0.4, -0.2) is 37.5 Å². The number of nitrogens with zero attached hydrogens (tertiary/aromatic N) is 2. The van der Waals surface area contributed by atoms with Gasteiger partial charge in [0.1, 0.15) is 0 Å². The average molecular weight is 155 g/mol. The van der Waals surface area contributed by atoms with Crippen LogP contribution in [0, 0.1) is 0 Å². The lowest BCUT2D eigenvalue weighted by Gasteiger charge is -2.21. The first-order chi connectivity index (χ1) is 5.20. The first kappa shape index (κ1) is 8.53. The number of amidine groups is 1. The SMILES string of the molecule is CC(NC1=NCCC1)N(C)C. The zero-order chi connectivity index (χ0) is 8.27. The standard InChI is InChI=1S/C8H17N3/c1-7(11(2)3)10-8-5-4-6-9-8/h7H,4-6H2,1-3H3,(H,9,10). The van der Waals surface area contributed by atoms with Crippen molar-refractivity contribution < 1.29 is 0 Å². The highest BCUT2D eigenvalue weighted by Gasteiger charge is 2.09. The smallest absolute Gasteiger partial charge is 0.0975 e. The fraction of sp³-hybridized carbons (Fsp3) is 0.875. The Morgan fingerprint density at radius 2 is 2.27 bits per heavy atom. The Labute approximate surface area is 68.5 Å². The summed E-state index contributed by atoms with van der Waals surface area (Å²) in [7, 11) is 4.13. The molecule has 1 N–H and O–H groups in total. The molecule has 11 heavy (non-hydrogen) atoms. The Balaban J connectivity index is 2.29. The van der Waals surface area contributed by atoms with Gasteiger partial charge in [-0.15, -0.1) is 0 Å². The quantitative estimate of drug-likeness (QED) is 0.594. The third-order valence-corrected chi connectivity index (χ3v) is 2.02. The lowest BCUT2D eigenvalue weighted by atomic mass is 10.3. The van der Waals surface area contributed by atoms with E-state index in [1.807, 2.05) is 0 Å². The van der Waals surface area contributed by atoms with Crippen molar-refractivity contribution in [2.45, 2.75) is 25.9 Å². The summed E-state index contributed by atoms with van der Waals surface area (Å²) in [6.45, 7) is 3.14. The molecule has 0 aliphatic carbocycles. The van der Waals surface area contributed by atoms with Gasteiger partial charge in [0.2, 0.25) is 0 Å². The van der Waals surface area contributed by atoms with Crippen LogP contribution in [-0.2, 0) is 0 Å². The van der Waals surface area contributed by atoms with Gasteiger partial charge in [-0.05, 0) is 27.4 Å². The number of hydrogen-bond acceptors (Lipinski definition) is 3. The third kappa shape index (κ3) is 2.50. The highest BCUT2D eigenvalue weighted by Crippen LogP contribution is 2.02. The van der Waals surface area contributed by atoms with E-state index in [0.29, 0.717) is 6.17 Å². The molecular formula is C8H17N3. The summed E-state index contributed by atoms with van der Waals surface area (Å²) < 4.78 is 0. The highest BCUT2D eigenvalue weighted by atomic mass is 15.2. The maximum atomic E-state index is 4.34. The molecule has 1 rings (SSSR count). The number of nitrogens with one attached hydrogen (secondary N) is 1. The number of aliphatic imine (C=N–C) groups is 1. The van der Waals surface area contributed by atoms with Crippen molar-refractivity contribution in [2.24, 2.45) is 4.99 Å². The topological polar surface area (TPSA) is 27.6 Å². The molecule has 0 aromatic rings. The van der Waals surface area contributed by atoms with E-state index in [9.17, 15) is 0 Å². The monoisotopic (exact) mass is 155 g/mol. The van der Waals surface area contributed by atoms with Crippen molar-refractivity contribution in [2.75, 3.05) is 20.6 Å². The predicted molar refractivity (Wildman–Crippen MR) is 47.8 cm³/mol. The van der Waals surface area contributed by atoms with Crippen molar-refractivity contribution in [1.82, 2.24) is 10.2 Å². The first-order valence-corrected chi connectivity index (χ1v) is 4.16. The van der Waals surface area contributed by atoms with Crippen LogP contribution in [0.15, 0.2) is 4.99 Å². The van der Waals surface area contributed by atoms with Crippen molar-refractivity contribution in [1.29, 1.82) is 0 Å². The maximum Gasteiger partial charge on any atom is 0.0975 e. The van der Waals surface area contributed by atoms with Crippen LogP contribution >= 0.6 is 0 Å². The molecule has 3 nitrogen and oxygen atoms in total. The molecule has 0 radical (unpaired) electrons. The Morgan fingerprint density at radius 3 is 2.73 bits per heavy atom. The molecule has 0 fully saturated rings. The molecular weight excluding hydrogens is 138 g/mol. The first-order valence-electron chi connectivity index (χ1n) is 4.16. The lowest BCUT2D eigenvalue weighted by molar-refractivity contribution is 0.295. The predicted octanol–water partition coefficient (Wildman–Crippen LogP) is 0.676. The van der Waals surface area contributed by atoms with Gasteiger partial charge in [0.15, 0.2) is 0 Å². The summed E-state index contributed by atoms with van der Waals surface area (Å²) in [4.78, 5) is 6.48. The molecule has 0 spiro atoms. The molecule has 3 heteroatoms. The van der Waals surface area contributed by atoms with Crippen LogP contribution in [0.5, 0.6) is 0 Å². The second kappa shape index (κ2) is 3.72. The minimum atomic E-state index is 0.395. The van der Waals surface area contributed by atoms with Crippen LogP contribution in [0.1, 0.15) is 19.8 Å². The molecule has 1 heterocycles. The van der Waals surface area contributed by atoms with E-state index < -0.39 is 0 Å². The average Bonchev–Trinajstić information content (AvgIpc) is 2.39. The molecule has 64 valence electrons. The molecule has 0 aromatic carbocycles. The van der Waals surface area contributed by atoms with Crippen molar-refractivity contribution in [3.63, 3.8) is 0 Å². The van der Waals surface area contributed by atoms with E-state index in [2.05, 4.69) is 36.2 Å². The van der Waals surface area contributed by atoms with Gasteiger partial charge >= 0.3 is 0 Å². The van der Waals surface area contributed by atoms with E-state index in [4.69, 9.17) is 0 Å². The maximum absolute atomic E-state index is 4.34. The number of hydrogen-bond donors (Lipinski definition) is 1. The van der Waals surface area contributed by atoms with E-state index >= 15 is 0 Å². The van der Waals surface area contributed by atoms with Crippen LogP contribution in [0.3, 0.4) is 0 Å². The van der Waals surface area contributed by atoms with Crippen molar-refractivity contribution in [3.8, 4) is 0 Å². The van der Waals surface area contributed by atoms with E-state index in [0.717, 1.165) is 13.0 Å². The molecule has 0 amide bonds. The number of rotatable bonds is 2. The van der Waals surface area contributed by atoms with Crippen LogP contribution in [0.2, 0.25) is 0 Å². The van der Waals surface area contributed by atoms with Gasteiger partial charge in [-0.25, -0.2) is 0 Å². The minimum Gasteiger partial charge on any atom is -0.359 e. The van der Waals surface area contributed by atoms with E-state index in [1.54, 1.807) is 0 Å². The van der Waals surface area contributed by atoms with Crippen LogP contribution < -0.4 is 5.32 Å². The molecule has 1 aliphatic rings. The Hall–Kier alpha value is -0.570. The summed E-state index contributed by atoms with van der Waals surface area (Å²) in [6.07, 6.45) is 2.73. The van der Waals surface area contributed by atoms with Crippen molar-refractivity contribution >= 4 is 5.84 Å². The molecule has 1 unspecified atom stereocenters. The van der Waals surface area contributed by atoms with Crippen LogP contribution in [0.25, 0.3) is 0 Å². The van der Waals surface area contributed by atoms with Gasteiger partial charge in [0.25, 0.3) is 0 Å². The Kier molecular flexibility index (Phi) is 2.88. The summed E-state index contributed by atoms with van der Waals surface area (Å²) in [6, 6.07) is 0. The third-order valence-electron chi connectivity index (χ3n) is 2.02. The molecule has 1 aliphatic heterocycles. The lowest BCUT2D eigenvalue weighted by Crippen LogP contribution is -2.41. The van der Waals surface area contributed by atoms with E-state index in [-0.39, 0.29) is 0 Å². The van der Waals surface area contributed by atoms with Crippen molar-refractivity contribution in [3.05, 3.63) is 0 Å². The molecule has 0 bridgehead atoms. The van der Waals surface area contributed by atoms with E-state index in [1.165, 1.54) is 12.3 Å². The highest BCUT2D eigenvalue weighted by molar-refractivity contribution is 5.83. The Bertz CT molecular complexity index is 151. The fourth-order valence-corrected chi connectivity index (χ4v) is 1.03. The van der Waals surface area contributed by atoms with Crippen LogP contribution in [0.4, 0.5) is 0 Å². The molecule has 0 saturated heterocycles. The second-order valence-electron chi connectivity index (χ2n) is 3.22. The summed E-state index contributed by atoms with van der Waals surface area (Å²) >= 11 is 0. The van der Waals surface area contributed by atoms with Gasteiger partial charge in [-0.1, -0.05) is 0 Å². The molecule has 0 saturated carbocycles. The normalized spacial score (nSPS) is 20.2. The van der Waals surface area contributed by atoms with Gasteiger partial charge in [0, 0.05) is 13.0 Å². The molecule has 1 atom stereocenters. The summed E-state index contributed by atoms with van der Waals surface area (Å²) in [5, 5.41) is 3.35. The Morgan fingerprint density at radius 1 is 1.55 bits per heavy atom.